The molecule has 10 heteroatoms. The Balaban J connectivity index is 2.05. The van der Waals surface area contributed by atoms with E-state index in [4.69, 9.17) is 0 Å². The minimum Gasteiger partial charge on any atom is -0.281 e. The van der Waals surface area contributed by atoms with Crippen molar-refractivity contribution in [2.75, 3.05) is 0 Å². The molecule has 3 rings (SSSR count). The quantitative estimate of drug-likeness (QED) is 0.623. The smallest absolute Gasteiger partial charge is 0.281 e. The van der Waals surface area contributed by atoms with Gasteiger partial charge in [0.15, 0.2) is 0 Å². The van der Waals surface area contributed by atoms with Crippen LogP contribution in [0, 0.1) is 0 Å². The van der Waals surface area contributed by atoms with Crippen molar-refractivity contribution in [2.24, 2.45) is 7.05 Å². The van der Waals surface area contributed by atoms with E-state index in [9.17, 15) is 18.0 Å². The molecule has 3 aromatic rings. The van der Waals surface area contributed by atoms with E-state index < -0.39 is 26.8 Å². The van der Waals surface area contributed by atoms with Gasteiger partial charge in [-0.2, -0.15) is 0 Å². The van der Waals surface area contributed by atoms with Crippen LogP contribution in [-0.2, 0) is 22.6 Å². The summed E-state index contributed by atoms with van der Waals surface area (Å²) in [5.41, 5.74) is -1.34. The molecule has 27 heavy (non-hydrogen) atoms. The summed E-state index contributed by atoms with van der Waals surface area (Å²) in [5.74, 6) is 0. The van der Waals surface area contributed by atoms with Gasteiger partial charge >= 0.3 is 5.69 Å². The van der Waals surface area contributed by atoms with Crippen molar-refractivity contribution in [3.63, 3.8) is 0 Å². The Labute approximate surface area is 163 Å². The van der Waals surface area contributed by atoms with Crippen LogP contribution in [0.25, 0.3) is 11.0 Å². The first-order chi connectivity index (χ1) is 12.5. The lowest BCUT2D eigenvalue weighted by Gasteiger charge is -2.26. The van der Waals surface area contributed by atoms with Gasteiger partial charge in [-0.1, -0.05) is 28.1 Å². The lowest BCUT2D eigenvalue weighted by Crippen LogP contribution is -2.41. The fourth-order valence-corrected chi connectivity index (χ4v) is 4.32. The maximum atomic E-state index is 12.9. The third-order valence-corrected chi connectivity index (χ3v) is 6.35. The van der Waals surface area contributed by atoms with Gasteiger partial charge in [0.2, 0.25) is 10.0 Å². The molecule has 0 aliphatic rings. The molecule has 0 aliphatic heterocycles. The van der Waals surface area contributed by atoms with Crippen LogP contribution in [0.3, 0.4) is 0 Å². The summed E-state index contributed by atoms with van der Waals surface area (Å²) >= 11 is 3.35. The number of rotatable bonds is 4. The predicted octanol–water partition coefficient (Wildman–Crippen LogP) is 1.60. The van der Waals surface area contributed by atoms with Gasteiger partial charge in [-0.05, 0) is 37.6 Å². The summed E-state index contributed by atoms with van der Waals surface area (Å²) in [4.78, 5) is 29.6. The molecule has 8 nitrogen and oxygen atoms in total. The van der Waals surface area contributed by atoms with Crippen molar-refractivity contribution in [1.29, 1.82) is 0 Å². The summed E-state index contributed by atoms with van der Waals surface area (Å²) in [6, 6.07) is 8.48. The van der Waals surface area contributed by atoms with Crippen LogP contribution in [-0.4, -0.2) is 23.0 Å². The Bertz CT molecular complexity index is 1240. The first kappa shape index (κ1) is 19.5. The number of sulfonamides is 1. The molecule has 0 saturated heterocycles. The van der Waals surface area contributed by atoms with Crippen molar-refractivity contribution in [2.45, 2.75) is 24.3 Å². The van der Waals surface area contributed by atoms with Gasteiger partial charge in [-0.25, -0.2) is 22.9 Å². The van der Waals surface area contributed by atoms with Crippen molar-refractivity contribution in [3.05, 3.63) is 67.4 Å². The molecular formula is C17H17BrN4O4S. The SMILES string of the molecule is Cn1c(=O)[nH]c(=O)c2cc(S(=O)(=O)NC(C)(C)c3ccc(Br)cc3)cnc21. The molecule has 2 heterocycles. The Morgan fingerprint density at radius 2 is 1.81 bits per heavy atom. The molecule has 0 saturated carbocycles. The van der Waals surface area contributed by atoms with Crippen LogP contribution in [0.15, 0.2) is 55.5 Å². The summed E-state index contributed by atoms with van der Waals surface area (Å²) in [6.07, 6.45) is 1.13. The van der Waals surface area contributed by atoms with Crippen LogP contribution < -0.4 is 16.0 Å². The molecule has 0 radical (unpaired) electrons. The standard InChI is InChI=1S/C17H17BrN4O4S/c1-17(2,10-4-6-11(18)7-5-10)21-27(25,26)12-8-13-14(19-9-12)22(3)16(24)20-15(13)23/h4-9,21H,1-3H3,(H,20,23,24). The van der Waals surface area contributed by atoms with Gasteiger partial charge in [-0.15, -0.1) is 0 Å². The van der Waals surface area contributed by atoms with Gasteiger partial charge in [0, 0.05) is 17.7 Å². The fraction of sp³-hybridized carbons (Fsp3) is 0.235. The molecule has 0 unspecified atom stereocenters. The summed E-state index contributed by atoms with van der Waals surface area (Å²) in [6.45, 7) is 3.47. The summed E-state index contributed by atoms with van der Waals surface area (Å²) < 4.78 is 30.4. The zero-order valence-corrected chi connectivity index (χ0v) is 17.2. The van der Waals surface area contributed by atoms with E-state index in [2.05, 4.69) is 30.6 Å². The molecule has 0 amide bonds. The van der Waals surface area contributed by atoms with Crippen LogP contribution in [0.2, 0.25) is 0 Å². The number of hydrogen-bond donors (Lipinski definition) is 2. The zero-order valence-electron chi connectivity index (χ0n) is 14.8. The van der Waals surface area contributed by atoms with E-state index in [0.717, 1.165) is 20.8 Å². The number of aromatic amines is 1. The fourth-order valence-electron chi connectivity index (χ4n) is 2.68. The van der Waals surface area contributed by atoms with Crippen molar-refractivity contribution in [1.82, 2.24) is 19.3 Å². The Morgan fingerprint density at radius 1 is 1.19 bits per heavy atom. The predicted molar refractivity (Wildman–Crippen MR) is 105 cm³/mol. The average Bonchev–Trinajstić information content (AvgIpc) is 2.59. The third-order valence-electron chi connectivity index (χ3n) is 4.19. The molecular weight excluding hydrogens is 436 g/mol. The maximum Gasteiger partial charge on any atom is 0.329 e. The number of nitrogens with one attached hydrogen (secondary N) is 2. The number of benzene rings is 1. The molecule has 0 atom stereocenters. The largest absolute Gasteiger partial charge is 0.329 e. The van der Waals surface area contributed by atoms with Crippen molar-refractivity contribution >= 4 is 37.0 Å². The Morgan fingerprint density at radius 3 is 2.44 bits per heavy atom. The topological polar surface area (TPSA) is 114 Å². The molecule has 142 valence electrons. The lowest BCUT2D eigenvalue weighted by atomic mass is 9.96. The number of nitrogens with zero attached hydrogens (tertiary/aromatic N) is 2. The molecule has 0 spiro atoms. The molecule has 1 aromatic carbocycles. The molecule has 2 aromatic heterocycles. The number of H-pyrrole nitrogens is 1. The number of pyridine rings is 1. The molecule has 0 fully saturated rings. The van der Waals surface area contributed by atoms with E-state index >= 15 is 0 Å². The molecule has 0 bridgehead atoms. The van der Waals surface area contributed by atoms with Crippen LogP contribution in [0.4, 0.5) is 0 Å². The van der Waals surface area contributed by atoms with Gasteiger partial charge in [0.1, 0.15) is 10.5 Å². The van der Waals surface area contributed by atoms with E-state index in [0.29, 0.717) is 0 Å². The van der Waals surface area contributed by atoms with E-state index in [1.807, 2.05) is 24.3 Å². The number of aromatic nitrogens is 3. The average molecular weight is 453 g/mol. The van der Waals surface area contributed by atoms with Crippen LogP contribution in [0.5, 0.6) is 0 Å². The summed E-state index contributed by atoms with van der Waals surface area (Å²) in [7, 11) is -2.53. The Kier molecular flexibility index (Phi) is 4.83. The van der Waals surface area contributed by atoms with E-state index in [-0.39, 0.29) is 15.9 Å². The van der Waals surface area contributed by atoms with Crippen LogP contribution >= 0.6 is 15.9 Å². The van der Waals surface area contributed by atoms with E-state index in [1.54, 1.807) is 13.8 Å². The Hall–Kier alpha value is -2.30. The van der Waals surface area contributed by atoms with Gasteiger partial charge in [0.25, 0.3) is 5.56 Å². The zero-order chi connectivity index (χ0) is 20.0. The second kappa shape index (κ2) is 6.70. The minimum absolute atomic E-state index is 0.0152. The second-order valence-corrected chi connectivity index (χ2v) is 9.20. The monoisotopic (exact) mass is 452 g/mol. The van der Waals surface area contributed by atoms with Gasteiger partial charge < -0.3 is 0 Å². The highest BCUT2D eigenvalue weighted by Gasteiger charge is 2.28. The molecule has 0 aliphatic carbocycles. The highest BCUT2D eigenvalue weighted by molar-refractivity contribution is 9.10. The normalized spacial score (nSPS) is 12.4. The third kappa shape index (κ3) is 3.73. The van der Waals surface area contributed by atoms with Gasteiger partial charge in [-0.3, -0.25) is 14.3 Å². The minimum atomic E-state index is -3.97. The van der Waals surface area contributed by atoms with E-state index in [1.165, 1.54) is 13.1 Å². The first-order valence-electron chi connectivity index (χ1n) is 7.90. The number of fused-ring (bicyclic) bond motifs is 1. The number of hydrogen-bond acceptors (Lipinski definition) is 5. The lowest BCUT2D eigenvalue weighted by molar-refractivity contribution is 0.472. The number of halogens is 1. The maximum absolute atomic E-state index is 12.9. The second-order valence-electron chi connectivity index (χ2n) is 6.60. The first-order valence-corrected chi connectivity index (χ1v) is 10.2. The van der Waals surface area contributed by atoms with Crippen molar-refractivity contribution in [3.8, 4) is 0 Å². The highest BCUT2D eigenvalue weighted by atomic mass is 79.9. The van der Waals surface area contributed by atoms with Crippen molar-refractivity contribution < 1.29 is 8.42 Å². The highest BCUT2D eigenvalue weighted by Crippen LogP contribution is 2.25. The summed E-state index contributed by atoms with van der Waals surface area (Å²) in [5, 5.41) is 0.0152. The van der Waals surface area contributed by atoms with Crippen LogP contribution in [0.1, 0.15) is 19.4 Å². The van der Waals surface area contributed by atoms with Gasteiger partial charge in [0.05, 0.1) is 10.9 Å². The molecule has 2 N–H and O–H groups in total. The number of aryl methyl sites for hydroxylation is 1.